The van der Waals surface area contributed by atoms with E-state index < -0.39 is 0 Å². The summed E-state index contributed by atoms with van der Waals surface area (Å²) in [4.78, 5) is 4.34. The lowest BCUT2D eigenvalue weighted by atomic mass is 9.95. The van der Waals surface area contributed by atoms with Crippen molar-refractivity contribution in [3.05, 3.63) is 23.0 Å². The highest BCUT2D eigenvalue weighted by Gasteiger charge is 2.16. The highest BCUT2D eigenvalue weighted by atomic mass is 14.9. The van der Waals surface area contributed by atoms with E-state index in [1.54, 1.807) is 0 Å². The second-order valence-corrected chi connectivity index (χ2v) is 4.86. The maximum atomic E-state index is 9.19. The van der Waals surface area contributed by atoms with Gasteiger partial charge in [-0.1, -0.05) is 19.3 Å². The molecule has 1 N–H and O–H groups in total. The third-order valence-electron chi connectivity index (χ3n) is 3.41. The number of aryl methyl sites for hydroxylation is 2. The Morgan fingerprint density at radius 1 is 1.29 bits per heavy atom. The molecule has 3 nitrogen and oxygen atoms in total. The van der Waals surface area contributed by atoms with Crippen LogP contribution in [0.2, 0.25) is 0 Å². The van der Waals surface area contributed by atoms with Crippen LogP contribution in [0.15, 0.2) is 6.07 Å². The second-order valence-electron chi connectivity index (χ2n) is 4.86. The largest absolute Gasteiger partial charge is 0.381 e. The van der Waals surface area contributed by atoms with Crippen LogP contribution in [0.25, 0.3) is 0 Å². The van der Waals surface area contributed by atoms with Crippen LogP contribution in [-0.4, -0.2) is 11.0 Å². The normalized spacial score (nSPS) is 16.5. The van der Waals surface area contributed by atoms with Crippen LogP contribution in [0.4, 0.5) is 5.69 Å². The molecule has 1 aliphatic rings. The molecule has 1 saturated carbocycles. The van der Waals surface area contributed by atoms with E-state index in [2.05, 4.69) is 16.4 Å². The molecule has 0 unspecified atom stereocenters. The van der Waals surface area contributed by atoms with Gasteiger partial charge >= 0.3 is 0 Å². The standard InChI is InChI=1S/C14H19N3/c1-10-8-14(13(9-15)11(2)16-10)17-12-6-4-3-5-7-12/h8,12H,3-7H2,1-2H3,(H,16,17). The molecule has 1 fully saturated rings. The van der Waals surface area contributed by atoms with Crippen molar-refractivity contribution in [3.63, 3.8) is 0 Å². The monoisotopic (exact) mass is 229 g/mol. The molecule has 0 bridgehead atoms. The number of pyridine rings is 1. The zero-order chi connectivity index (χ0) is 12.3. The zero-order valence-electron chi connectivity index (χ0n) is 10.6. The Morgan fingerprint density at radius 2 is 2.00 bits per heavy atom. The predicted octanol–water partition coefficient (Wildman–Crippen LogP) is 3.31. The summed E-state index contributed by atoms with van der Waals surface area (Å²) in [5.74, 6) is 0. The van der Waals surface area contributed by atoms with Crippen molar-refractivity contribution in [1.29, 1.82) is 5.26 Å². The fraction of sp³-hybridized carbons (Fsp3) is 0.571. The van der Waals surface area contributed by atoms with Gasteiger partial charge in [-0.2, -0.15) is 5.26 Å². The summed E-state index contributed by atoms with van der Waals surface area (Å²) in [5, 5.41) is 12.7. The van der Waals surface area contributed by atoms with E-state index in [9.17, 15) is 5.26 Å². The average molecular weight is 229 g/mol. The molecule has 3 heteroatoms. The minimum absolute atomic E-state index is 0.525. The predicted molar refractivity (Wildman–Crippen MR) is 68.9 cm³/mol. The van der Waals surface area contributed by atoms with Crippen molar-refractivity contribution in [2.45, 2.75) is 52.0 Å². The van der Waals surface area contributed by atoms with Crippen LogP contribution >= 0.6 is 0 Å². The van der Waals surface area contributed by atoms with Crippen LogP contribution in [0, 0.1) is 25.2 Å². The van der Waals surface area contributed by atoms with E-state index in [0.717, 1.165) is 17.1 Å². The van der Waals surface area contributed by atoms with Gasteiger partial charge in [0.1, 0.15) is 6.07 Å². The quantitative estimate of drug-likeness (QED) is 0.846. The van der Waals surface area contributed by atoms with Crippen LogP contribution in [0.3, 0.4) is 0 Å². The Labute approximate surface area is 103 Å². The van der Waals surface area contributed by atoms with E-state index in [-0.39, 0.29) is 0 Å². The molecule has 0 saturated heterocycles. The number of rotatable bonds is 2. The molecule has 1 aromatic rings. The van der Waals surface area contributed by atoms with Crippen LogP contribution in [0.1, 0.15) is 49.1 Å². The number of hydrogen-bond acceptors (Lipinski definition) is 3. The van der Waals surface area contributed by atoms with Crippen molar-refractivity contribution in [3.8, 4) is 6.07 Å². The number of anilines is 1. The fourth-order valence-corrected chi connectivity index (χ4v) is 2.55. The highest BCUT2D eigenvalue weighted by Crippen LogP contribution is 2.25. The molecule has 0 aromatic carbocycles. The average Bonchev–Trinajstić information content (AvgIpc) is 2.30. The molecule has 17 heavy (non-hydrogen) atoms. The molecule has 1 heterocycles. The summed E-state index contributed by atoms with van der Waals surface area (Å²) >= 11 is 0. The topological polar surface area (TPSA) is 48.7 Å². The minimum atomic E-state index is 0.525. The number of nitriles is 1. The molecule has 2 rings (SSSR count). The smallest absolute Gasteiger partial charge is 0.103 e. The Bertz CT molecular complexity index is 440. The lowest BCUT2D eigenvalue weighted by molar-refractivity contribution is 0.462. The lowest BCUT2D eigenvalue weighted by Gasteiger charge is -2.24. The third-order valence-corrected chi connectivity index (χ3v) is 3.41. The van der Waals surface area contributed by atoms with Crippen molar-refractivity contribution < 1.29 is 0 Å². The Balaban J connectivity index is 2.22. The Kier molecular flexibility index (Phi) is 3.63. The number of nitrogens with zero attached hydrogens (tertiary/aromatic N) is 2. The summed E-state index contributed by atoms with van der Waals surface area (Å²) in [6, 6.07) is 4.77. The van der Waals surface area contributed by atoms with Gasteiger partial charge in [-0.3, -0.25) is 4.98 Å². The first-order valence-corrected chi connectivity index (χ1v) is 6.35. The van der Waals surface area contributed by atoms with Gasteiger partial charge in [-0.05, 0) is 32.8 Å². The summed E-state index contributed by atoms with van der Waals surface area (Å²) in [6.07, 6.45) is 6.36. The van der Waals surface area contributed by atoms with Gasteiger partial charge in [0, 0.05) is 11.7 Å². The molecule has 90 valence electrons. The highest BCUT2D eigenvalue weighted by molar-refractivity contribution is 5.60. The molecule has 0 spiro atoms. The van der Waals surface area contributed by atoms with E-state index in [1.165, 1.54) is 32.1 Å². The van der Waals surface area contributed by atoms with E-state index in [1.807, 2.05) is 19.9 Å². The maximum Gasteiger partial charge on any atom is 0.103 e. The van der Waals surface area contributed by atoms with Crippen molar-refractivity contribution >= 4 is 5.69 Å². The Morgan fingerprint density at radius 3 is 2.65 bits per heavy atom. The SMILES string of the molecule is Cc1cc(NC2CCCCC2)c(C#N)c(C)n1. The van der Waals surface area contributed by atoms with Gasteiger partial charge in [0.15, 0.2) is 0 Å². The number of hydrogen-bond donors (Lipinski definition) is 1. The Hall–Kier alpha value is -1.56. The number of aromatic nitrogens is 1. The molecule has 1 aliphatic carbocycles. The van der Waals surface area contributed by atoms with E-state index >= 15 is 0 Å². The molecular weight excluding hydrogens is 210 g/mol. The summed E-state index contributed by atoms with van der Waals surface area (Å²) in [7, 11) is 0. The summed E-state index contributed by atoms with van der Waals surface area (Å²) in [6.45, 7) is 3.87. The number of nitrogens with one attached hydrogen (secondary N) is 1. The zero-order valence-corrected chi connectivity index (χ0v) is 10.6. The molecule has 0 radical (unpaired) electrons. The van der Waals surface area contributed by atoms with Gasteiger partial charge in [-0.15, -0.1) is 0 Å². The van der Waals surface area contributed by atoms with Gasteiger partial charge < -0.3 is 5.32 Å². The first-order chi connectivity index (χ1) is 8.20. The van der Waals surface area contributed by atoms with Crippen LogP contribution in [0.5, 0.6) is 0 Å². The molecular formula is C14H19N3. The molecule has 1 aromatic heterocycles. The second kappa shape index (κ2) is 5.18. The summed E-state index contributed by atoms with van der Waals surface area (Å²) in [5.41, 5.74) is 3.45. The minimum Gasteiger partial charge on any atom is -0.381 e. The van der Waals surface area contributed by atoms with Crippen LogP contribution in [-0.2, 0) is 0 Å². The lowest BCUT2D eigenvalue weighted by Crippen LogP contribution is -2.23. The van der Waals surface area contributed by atoms with Gasteiger partial charge in [-0.25, -0.2) is 0 Å². The van der Waals surface area contributed by atoms with Gasteiger partial charge in [0.2, 0.25) is 0 Å². The third kappa shape index (κ3) is 2.76. The summed E-state index contributed by atoms with van der Waals surface area (Å²) < 4.78 is 0. The van der Waals surface area contributed by atoms with Crippen molar-refractivity contribution in [2.24, 2.45) is 0 Å². The molecule has 0 amide bonds. The maximum absolute atomic E-state index is 9.19. The van der Waals surface area contributed by atoms with Crippen molar-refractivity contribution in [2.75, 3.05) is 5.32 Å². The van der Waals surface area contributed by atoms with Gasteiger partial charge in [0.25, 0.3) is 0 Å². The molecule has 0 aliphatic heterocycles. The molecule has 0 atom stereocenters. The van der Waals surface area contributed by atoms with E-state index in [4.69, 9.17) is 0 Å². The van der Waals surface area contributed by atoms with E-state index in [0.29, 0.717) is 11.6 Å². The first kappa shape index (κ1) is 11.9. The fourth-order valence-electron chi connectivity index (χ4n) is 2.55. The van der Waals surface area contributed by atoms with Crippen LogP contribution < -0.4 is 5.32 Å². The van der Waals surface area contributed by atoms with Crippen molar-refractivity contribution in [1.82, 2.24) is 4.98 Å². The van der Waals surface area contributed by atoms with Gasteiger partial charge in [0.05, 0.1) is 16.9 Å². The first-order valence-electron chi connectivity index (χ1n) is 6.35.